The molecule has 24 heavy (non-hydrogen) atoms. The molecule has 0 bridgehead atoms. The lowest BCUT2D eigenvalue weighted by Crippen LogP contribution is -2.27. The van der Waals surface area contributed by atoms with Crippen molar-refractivity contribution in [2.75, 3.05) is 11.9 Å². The normalized spacial score (nSPS) is 11.9. The summed E-state index contributed by atoms with van der Waals surface area (Å²) in [6.07, 6.45) is 4.09. The number of aryl methyl sites for hydroxylation is 1. The van der Waals surface area contributed by atoms with Crippen molar-refractivity contribution in [1.82, 2.24) is 19.9 Å². The average Bonchev–Trinajstić information content (AvgIpc) is 2.62. The van der Waals surface area contributed by atoms with Gasteiger partial charge in [-0.05, 0) is 31.2 Å². The maximum Gasteiger partial charge on any atom is 0.130 e. The summed E-state index contributed by atoms with van der Waals surface area (Å²) < 4.78 is 0. The number of aliphatic hydroxyl groups is 1. The molecule has 0 aromatic carbocycles. The minimum Gasteiger partial charge on any atom is -0.394 e. The van der Waals surface area contributed by atoms with E-state index in [2.05, 4.69) is 25.3 Å². The first-order chi connectivity index (χ1) is 11.7. The van der Waals surface area contributed by atoms with Crippen molar-refractivity contribution in [3.63, 3.8) is 0 Å². The zero-order valence-corrected chi connectivity index (χ0v) is 13.4. The molecule has 0 aliphatic heterocycles. The number of rotatable bonds is 6. The Labute approximate surface area is 140 Å². The largest absolute Gasteiger partial charge is 0.394 e. The summed E-state index contributed by atoms with van der Waals surface area (Å²) in [5.74, 6) is 1.31. The molecule has 0 radical (unpaired) electrons. The van der Waals surface area contributed by atoms with E-state index in [4.69, 9.17) is 0 Å². The highest BCUT2D eigenvalue weighted by molar-refractivity contribution is 5.58. The SMILES string of the molecule is Cc1nc(NC(CO)Cc2ccccn2)cc(-c2ccccn2)n1. The van der Waals surface area contributed by atoms with Gasteiger partial charge in [0.25, 0.3) is 0 Å². The Bertz CT molecular complexity index is 780. The fraction of sp³-hybridized carbons (Fsp3) is 0.222. The first kappa shape index (κ1) is 16.0. The third-order valence-corrected chi connectivity index (χ3v) is 3.52. The van der Waals surface area contributed by atoms with E-state index < -0.39 is 0 Å². The number of hydrogen-bond donors (Lipinski definition) is 2. The Morgan fingerprint density at radius 1 is 1.00 bits per heavy atom. The van der Waals surface area contributed by atoms with Crippen LogP contribution in [0, 0.1) is 6.92 Å². The van der Waals surface area contributed by atoms with Crippen LogP contribution in [0.15, 0.2) is 54.9 Å². The molecular formula is C18H19N5O. The Hall–Kier alpha value is -2.86. The fourth-order valence-electron chi connectivity index (χ4n) is 2.43. The molecule has 3 heterocycles. The molecule has 3 aromatic rings. The molecule has 0 aliphatic rings. The van der Waals surface area contributed by atoms with Gasteiger partial charge in [-0.15, -0.1) is 0 Å². The highest BCUT2D eigenvalue weighted by Gasteiger charge is 2.12. The van der Waals surface area contributed by atoms with Crippen LogP contribution in [0.25, 0.3) is 11.4 Å². The Morgan fingerprint density at radius 3 is 2.46 bits per heavy atom. The lowest BCUT2D eigenvalue weighted by atomic mass is 10.1. The summed E-state index contributed by atoms with van der Waals surface area (Å²) in [4.78, 5) is 17.5. The van der Waals surface area contributed by atoms with Crippen LogP contribution in [0.5, 0.6) is 0 Å². The Balaban J connectivity index is 1.80. The number of nitrogens with one attached hydrogen (secondary N) is 1. The van der Waals surface area contributed by atoms with Gasteiger partial charge < -0.3 is 10.4 Å². The van der Waals surface area contributed by atoms with E-state index in [9.17, 15) is 5.11 Å². The minimum atomic E-state index is -0.175. The Morgan fingerprint density at radius 2 is 1.79 bits per heavy atom. The zero-order valence-electron chi connectivity index (χ0n) is 13.4. The van der Waals surface area contributed by atoms with E-state index in [1.807, 2.05) is 49.4 Å². The molecule has 0 fully saturated rings. The van der Waals surface area contributed by atoms with Crippen molar-refractivity contribution in [2.45, 2.75) is 19.4 Å². The molecule has 0 saturated carbocycles. The van der Waals surface area contributed by atoms with Crippen LogP contribution >= 0.6 is 0 Å². The molecular weight excluding hydrogens is 302 g/mol. The van der Waals surface area contributed by atoms with Crippen LogP contribution in [0.2, 0.25) is 0 Å². The molecule has 0 amide bonds. The summed E-state index contributed by atoms with van der Waals surface area (Å²) in [5.41, 5.74) is 2.45. The molecule has 3 rings (SSSR count). The number of nitrogens with zero attached hydrogens (tertiary/aromatic N) is 4. The molecule has 0 spiro atoms. The van der Waals surface area contributed by atoms with Gasteiger partial charge in [-0.3, -0.25) is 9.97 Å². The molecule has 0 saturated heterocycles. The molecule has 6 nitrogen and oxygen atoms in total. The van der Waals surface area contributed by atoms with Gasteiger partial charge in [-0.1, -0.05) is 12.1 Å². The smallest absolute Gasteiger partial charge is 0.130 e. The number of anilines is 1. The summed E-state index contributed by atoms with van der Waals surface area (Å²) in [6.45, 7) is 1.82. The minimum absolute atomic E-state index is 0.0153. The van der Waals surface area contributed by atoms with Gasteiger partial charge in [0, 0.05) is 30.6 Å². The third-order valence-electron chi connectivity index (χ3n) is 3.52. The topological polar surface area (TPSA) is 83.8 Å². The number of aliphatic hydroxyl groups excluding tert-OH is 1. The van der Waals surface area contributed by atoms with Crippen molar-refractivity contribution < 1.29 is 5.11 Å². The van der Waals surface area contributed by atoms with E-state index in [1.165, 1.54) is 0 Å². The quantitative estimate of drug-likeness (QED) is 0.724. The van der Waals surface area contributed by atoms with Crippen molar-refractivity contribution in [3.8, 4) is 11.4 Å². The van der Waals surface area contributed by atoms with Crippen LogP contribution in [0.3, 0.4) is 0 Å². The Kier molecular flexibility index (Phi) is 5.08. The van der Waals surface area contributed by atoms with E-state index in [0.29, 0.717) is 18.1 Å². The predicted molar refractivity (Wildman–Crippen MR) is 92.4 cm³/mol. The average molecular weight is 321 g/mol. The van der Waals surface area contributed by atoms with Crippen molar-refractivity contribution in [3.05, 3.63) is 66.4 Å². The first-order valence-corrected chi connectivity index (χ1v) is 7.79. The van der Waals surface area contributed by atoms with Gasteiger partial charge in [0.1, 0.15) is 11.6 Å². The van der Waals surface area contributed by atoms with Crippen LogP contribution < -0.4 is 5.32 Å². The van der Waals surface area contributed by atoms with Gasteiger partial charge in [-0.25, -0.2) is 9.97 Å². The molecule has 0 aliphatic carbocycles. The van der Waals surface area contributed by atoms with E-state index in [1.54, 1.807) is 12.4 Å². The fourth-order valence-corrected chi connectivity index (χ4v) is 2.43. The zero-order chi connectivity index (χ0) is 16.8. The molecule has 3 aromatic heterocycles. The highest BCUT2D eigenvalue weighted by Crippen LogP contribution is 2.18. The van der Waals surface area contributed by atoms with Crippen molar-refractivity contribution >= 4 is 5.82 Å². The maximum absolute atomic E-state index is 9.66. The second kappa shape index (κ2) is 7.61. The van der Waals surface area contributed by atoms with E-state index >= 15 is 0 Å². The first-order valence-electron chi connectivity index (χ1n) is 7.79. The molecule has 6 heteroatoms. The summed E-state index contributed by atoms with van der Waals surface area (Å²) in [6, 6.07) is 13.1. The lowest BCUT2D eigenvalue weighted by Gasteiger charge is -2.17. The van der Waals surface area contributed by atoms with Crippen LogP contribution in [-0.2, 0) is 6.42 Å². The monoisotopic (exact) mass is 321 g/mol. The standard InChI is InChI=1S/C18H19N5O/c1-13-21-17(16-7-3-5-9-20-16)11-18(22-13)23-15(12-24)10-14-6-2-4-8-19-14/h2-9,11,15,24H,10,12H2,1H3,(H,21,22,23). The van der Waals surface area contributed by atoms with Crippen LogP contribution in [0.1, 0.15) is 11.5 Å². The van der Waals surface area contributed by atoms with Gasteiger partial charge >= 0.3 is 0 Å². The van der Waals surface area contributed by atoms with Gasteiger partial charge in [0.15, 0.2) is 0 Å². The van der Waals surface area contributed by atoms with Gasteiger partial charge in [0.2, 0.25) is 0 Å². The van der Waals surface area contributed by atoms with Gasteiger partial charge in [-0.2, -0.15) is 0 Å². The van der Waals surface area contributed by atoms with Crippen LogP contribution in [0.4, 0.5) is 5.82 Å². The second-order valence-electron chi connectivity index (χ2n) is 5.45. The third kappa shape index (κ3) is 4.11. The summed E-state index contributed by atoms with van der Waals surface area (Å²) in [5, 5.41) is 12.9. The lowest BCUT2D eigenvalue weighted by molar-refractivity contribution is 0.273. The van der Waals surface area contributed by atoms with Crippen LogP contribution in [-0.4, -0.2) is 37.7 Å². The molecule has 1 atom stereocenters. The number of hydrogen-bond acceptors (Lipinski definition) is 6. The van der Waals surface area contributed by atoms with Crippen molar-refractivity contribution in [1.29, 1.82) is 0 Å². The highest BCUT2D eigenvalue weighted by atomic mass is 16.3. The van der Waals surface area contributed by atoms with Gasteiger partial charge in [0.05, 0.1) is 24.0 Å². The molecule has 2 N–H and O–H groups in total. The summed E-state index contributed by atoms with van der Waals surface area (Å²) >= 11 is 0. The molecule has 1 unspecified atom stereocenters. The van der Waals surface area contributed by atoms with E-state index in [0.717, 1.165) is 17.1 Å². The molecule has 122 valence electrons. The summed E-state index contributed by atoms with van der Waals surface area (Å²) in [7, 11) is 0. The van der Waals surface area contributed by atoms with Crippen molar-refractivity contribution in [2.24, 2.45) is 0 Å². The predicted octanol–water partition coefficient (Wildman–Crippen LogP) is 2.26. The van der Waals surface area contributed by atoms with E-state index in [-0.39, 0.29) is 12.6 Å². The number of aromatic nitrogens is 4. The maximum atomic E-state index is 9.66. The number of pyridine rings is 2. The second-order valence-corrected chi connectivity index (χ2v) is 5.45.